The number of sulfone groups is 1. The molecule has 1 amide bonds. The smallest absolute Gasteiger partial charge is 0.256 e. The third-order valence-electron chi connectivity index (χ3n) is 2.21. The Kier molecular flexibility index (Phi) is 4.45. The van der Waals surface area contributed by atoms with Crippen LogP contribution in [0.4, 0.5) is 0 Å². The number of aromatic amines is 1. The van der Waals surface area contributed by atoms with Gasteiger partial charge in [-0.15, -0.1) is 0 Å². The lowest BCUT2D eigenvalue weighted by Crippen LogP contribution is -2.32. The van der Waals surface area contributed by atoms with Crippen molar-refractivity contribution in [3.05, 3.63) is 34.2 Å². The van der Waals surface area contributed by atoms with E-state index in [-0.39, 0.29) is 23.6 Å². The van der Waals surface area contributed by atoms with Crippen molar-refractivity contribution < 1.29 is 13.2 Å². The summed E-state index contributed by atoms with van der Waals surface area (Å²) < 4.78 is 22.3. The minimum absolute atomic E-state index is 0.00331. The molecule has 0 aliphatic carbocycles. The van der Waals surface area contributed by atoms with Gasteiger partial charge in [0.05, 0.1) is 5.75 Å². The zero-order valence-electron chi connectivity index (χ0n) is 9.39. The molecule has 0 bridgehead atoms. The molecule has 1 aromatic heterocycles. The SMILES string of the molecule is CCS(=O)(=O)CCNC(=O)c1c[nH]ccc1=O. The number of hydrogen-bond acceptors (Lipinski definition) is 4. The number of aromatic nitrogens is 1. The van der Waals surface area contributed by atoms with Crippen LogP contribution in [0.5, 0.6) is 0 Å². The third kappa shape index (κ3) is 4.03. The zero-order valence-corrected chi connectivity index (χ0v) is 10.2. The highest BCUT2D eigenvalue weighted by atomic mass is 32.2. The normalized spacial score (nSPS) is 11.1. The van der Waals surface area contributed by atoms with E-state index in [1.54, 1.807) is 6.92 Å². The van der Waals surface area contributed by atoms with Gasteiger partial charge in [-0.2, -0.15) is 0 Å². The van der Waals surface area contributed by atoms with Gasteiger partial charge >= 0.3 is 0 Å². The summed E-state index contributed by atoms with van der Waals surface area (Å²) in [7, 11) is -3.11. The molecule has 17 heavy (non-hydrogen) atoms. The second kappa shape index (κ2) is 5.62. The first kappa shape index (κ1) is 13.4. The molecular formula is C10H14N2O4S. The third-order valence-corrected chi connectivity index (χ3v) is 3.91. The van der Waals surface area contributed by atoms with E-state index in [1.165, 1.54) is 18.5 Å². The van der Waals surface area contributed by atoms with Gasteiger partial charge in [0.1, 0.15) is 5.56 Å². The maximum atomic E-state index is 11.5. The average molecular weight is 258 g/mol. The van der Waals surface area contributed by atoms with Crippen LogP contribution in [-0.2, 0) is 9.84 Å². The molecule has 7 heteroatoms. The molecule has 0 saturated heterocycles. The highest BCUT2D eigenvalue weighted by Crippen LogP contribution is 1.90. The summed E-state index contributed by atoms with van der Waals surface area (Å²) >= 11 is 0. The fourth-order valence-electron chi connectivity index (χ4n) is 1.15. The summed E-state index contributed by atoms with van der Waals surface area (Å²) in [5.41, 5.74) is -0.430. The fourth-order valence-corrected chi connectivity index (χ4v) is 1.85. The summed E-state index contributed by atoms with van der Waals surface area (Å²) in [5, 5.41) is 2.39. The molecule has 1 rings (SSSR count). The van der Waals surface area contributed by atoms with Crippen molar-refractivity contribution in [2.45, 2.75) is 6.92 Å². The van der Waals surface area contributed by atoms with E-state index in [4.69, 9.17) is 0 Å². The van der Waals surface area contributed by atoms with E-state index in [0.29, 0.717) is 0 Å². The number of pyridine rings is 1. The van der Waals surface area contributed by atoms with Gasteiger partial charge in [0.15, 0.2) is 15.3 Å². The van der Waals surface area contributed by atoms with E-state index in [9.17, 15) is 18.0 Å². The predicted octanol–water partition coefficient (Wildman–Crippen LogP) is -0.461. The summed E-state index contributed by atoms with van der Waals surface area (Å²) in [4.78, 5) is 25.4. The number of hydrogen-bond donors (Lipinski definition) is 2. The Bertz CT molecular complexity index is 547. The second-order valence-corrected chi connectivity index (χ2v) is 5.89. The summed E-state index contributed by atoms with van der Waals surface area (Å²) in [6.45, 7) is 1.54. The first-order valence-electron chi connectivity index (χ1n) is 5.12. The Morgan fingerprint density at radius 3 is 2.76 bits per heavy atom. The zero-order chi connectivity index (χ0) is 12.9. The van der Waals surface area contributed by atoms with Crippen LogP contribution in [0.25, 0.3) is 0 Å². The average Bonchev–Trinajstić information content (AvgIpc) is 2.29. The standard InChI is InChI=1S/C10H14N2O4S/c1-2-17(15,16)6-5-12-10(14)8-7-11-4-3-9(8)13/h3-4,7H,2,5-6H2,1H3,(H,11,13)(H,12,14). The summed E-state index contributed by atoms with van der Waals surface area (Å²) in [6.07, 6.45) is 2.70. The van der Waals surface area contributed by atoms with Crippen LogP contribution in [-0.4, -0.2) is 37.4 Å². The molecule has 0 saturated carbocycles. The number of nitrogens with one attached hydrogen (secondary N) is 2. The van der Waals surface area contributed by atoms with Crippen LogP contribution >= 0.6 is 0 Å². The minimum Gasteiger partial charge on any atom is -0.367 e. The molecule has 0 radical (unpaired) electrons. The summed E-state index contributed by atoms with van der Waals surface area (Å²) in [5.74, 6) is -0.660. The fraction of sp³-hybridized carbons (Fsp3) is 0.400. The van der Waals surface area contributed by atoms with Crippen LogP contribution in [0.3, 0.4) is 0 Å². The van der Waals surface area contributed by atoms with Crippen molar-refractivity contribution in [1.82, 2.24) is 10.3 Å². The van der Waals surface area contributed by atoms with Crippen LogP contribution in [0.2, 0.25) is 0 Å². The maximum absolute atomic E-state index is 11.5. The number of H-pyrrole nitrogens is 1. The molecule has 94 valence electrons. The highest BCUT2D eigenvalue weighted by molar-refractivity contribution is 7.91. The van der Waals surface area contributed by atoms with Crippen LogP contribution < -0.4 is 10.7 Å². The largest absolute Gasteiger partial charge is 0.367 e. The molecular weight excluding hydrogens is 244 g/mol. The van der Waals surface area contributed by atoms with Crippen molar-refractivity contribution in [3.8, 4) is 0 Å². The van der Waals surface area contributed by atoms with Crippen LogP contribution in [0.15, 0.2) is 23.3 Å². The molecule has 1 aromatic rings. The van der Waals surface area contributed by atoms with E-state index < -0.39 is 21.2 Å². The first-order valence-corrected chi connectivity index (χ1v) is 6.94. The van der Waals surface area contributed by atoms with Crippen molar-refractivity contribution in [2.24, 2.45) is 0 Å². The molecule has 1 heterocycles. The van der Waals surface area contributed by atoms with E-state index in [0.717, 1.165) is 0 Å². The molecule has 0 aliphatic rings. The second-order valence-electron chi connectivity index (χ2n) is 3.41. The molecule has 0 spiro atoms. The number of amides is 1. The lowest BCUT2D eigenvalue weighted by atomic mass is 10.2. The highest BCUT2D eigenvalue weighted by Gasteiger charge is 2.11. The molecule has 0 fully saturated rings. The molecule has 0 unspecified atom stereocenters. The van der Waals surface area contributed by atoms with Crippen molar-refractivity contribution in [3.63, 3.8) is 0 Å². The summed E-state index contributed by atoms with van der Waals surface area (Å²) in [6, 6.07) is 1.23. The van der Waals surface area contributed by atoms with Crippen molar-refractivity contribution >= 4 is 15.7 Å². The Morgan fingerprint density at radius 1 is 1.47 bits per heavy atom. The Hall–Kier alpha value is -1.63. The number of carbonyl (C=O) groups excluding carboxylic acids is 1. The first-order chi connectivity index (χ1) is 7.96. The van der Waals surface area contributed by atoms with Gasteiger partial charge in [-0.3, -0.25) is 9.59 Å². The van der Waals surface area contributed by atoms with Gasteiger partial charge in [0.25, 0.3) is 5.91 Å². The van der Waals surface area contributed by atoms with E-state index in [1.807, 2.05) is 0 Å². The number of rotatable bonds is 5. The van der Waals surface area contributed by atoms with Crippen LogP contribution in [0.1, 0.15) is 17.3 Å². The van der Waals surface area contributed by atoms with Crippen molar-refractivity contribution in [2.75, 3.05) is 18.1 Å². The molecule has 6 nitrogen and oxygen atoms in total. The van der Waals surface area contributed by atoms with Gasteiger partial charge < -0.3 is 10.3 Å². The van der Waals surface area contributed by atoms with Gasteiger partial charge in [-0.05, 0) is 0 Å². The quantitative estimate of drug-likeness (QED) is 0.747. The van der Waals surface area contributed by atoms with Crippen LogP contribution in [0, 0.1) is 0 Å². The Labute approximate surface area is 99.0 Å². The molecule has 2 N–H and O–H groups in total. The van der Waals surface area contributed by atoms with Crippen molar-refractivity contribution in [1.29, 1.82) is 0 Å². The molecule has 0 aromatic carbocycles. The number of carbonyl (C=O) groups is 1. The van der Waals surface area contributed by atoms with E-state index >= 15 is 0 Å². The minimum atomic E-state index is -3.11. The predicted molar refractivity (Wildman–Crippen MR) is 63.7 cm³/mol. The van der Waals surface area contributed by atoms with Gasteiger partial charge in [0.2, 0.25) is 0 Å². The monoisotopic (exact) mass is 258 g/mol. The van der Waals surface area contributed by atoms with E-state index in [2.05, 4.69) is 10.3 Å². The van der Waals surface area contributed by atoms with Gasteiger partial charge in [-0.1, -0.05) is 6.92 Å². The molecule has 0 aliphatic heterocycles. The topological polar surface area (TPSA) is 96.1 Å². The van der Waals surface area contributed by atoms with Gasteiger partial charge in [0, 0.05) is 30.8 Å². The molecule has 0 atom stereocenters. The Balaban J connectivity index is 2.58. The maximum Gasteiger partial charge on any atom is 0.256 e. The Morgan fingerprint density at radius 2 is 2.18 bits per heavy atom. The lowest BCUT2D eigenvalue weighted by molar-refractivity contribution is 0.0954. The lowest BCUT2D eigenvalue weighted by Gasteiger charge is -2.04. The van der Waals surface area contributed by atoms with Gasteiger partial charge in [-0.25, -0.2) is 8.42 Å².